The van der Waals surface area contributed by atoms with E-state index in [1.54, 1.807) is 72.8 Å². The second-order valence-electron chi connectivity index (χ2n) is 18.6. The molecule has 7 rings (SSSR count). The van der Waals surface area contributed by atoms with Gasteiger partial charge in [0.15, 0.2) is 23.0 Å². The van der Waals surface area contributed by atoms with Crippen molar-refractivity contribution in [2.24, 2.45) is 10.8 Å². The Morgan fingerprint density at radius 2 is 0.714 bits per heavy atom. The van der Waals surface area contributed by atoms with Crippen LogP contribution in [0.4, 0.5) is 0 Å². The Morgan fingerprint density at radius 1 is 0.414 bits per heavy atom. The molecule has 2 saturated heterocycles. The highest BCUT2D eigenvalue weighted by Gasteiger charge is 2.38. The van der Waals surface area contributed by atoms with Crippen molar-refractivity contribution in [1.82, 2.24) is 0 Å². The lowest BCUT2D eigenvalue weighted by Crippen LogP contribution is -2.46. The molecule has 0 N–H and O–H groups in total. The van der Waals surface area contributed by atoms with Gasteiger partial charge >= 0.3 is 23.9 Å². The molecule has 0 radical (unpaired) electrons. The highest BCUT2D eigenvalue weighted by molar-refractivity contribution is 5.96. The van der Waals surface area contributed by atoms with Gasteiger partial charge in [-0.1, -0.05) is 90.5 Å². The van der Waals surface area contributed by atoms with E-state index in [-0.39, 0.29) is 56.1 Å². The zero-order valence-corrected chi connectivity index (χ0v) is 41.0. The molecular formula is C58H66O12. The first kappa shape index (κ1) is 51.4. The van der Waals surface area contributed by atoms with Crippen LogP contribution in [0.2, 0.25) is 0 Å². The minimum Gasteiger partial charge on any atom is -0.493 e. The average Bonchev–Trinajstić information content (AvgIpc) is 3.35. The van der Waals surface area contributed by atoms with Crippen LogP contribution in [0.25, 0.3) is 0 Å². The molecule has 370 valence electrons. The lowest BCUT2D eigenvalue weighted by Gasteiger charge is -2.40. The third-order valence-corrected chi connectivity index (χ3v) is 13.2. The van der Waals surface area contributed by atoms with E-state index >= 15 is 0 Å². The zero-order valence-electron chi connectivity index (χ0n) is 41.0. The molecule has 5 aromatic carbocycles. The summed E-state index contributed by atoms with van der Waals surface area (Å²) >= 11 is 0. The van der Waals surface area contributed by atoms with Crippen molar-refractivity contribution < 1.29 is 57.1 Å². The summed E-state index contributed by atoms with van der Waals surface area (Å²) in [5.74, 6) is -3.06. The van der Waals surface area contributed by atoms with Gasteiger partial charge in [-0.2, -0.15) is 0 Å². The van der Waals surface area contributed by atoms with E-state index in [1.807, 2.05) is 24.3 Å². The minimum absolute atomic E-state index is 0.0379. The van der Waals surface area contributed by atoms with Gasteiger partial charge in [0.05, 0.1) is 72.7 Å². The van der Waals surface area contributed by atoms with Crippen LogP contribution in [-0.2, 0) is 22.3 Å². The molecule has 12 heteroatoms. The number of ether oxygens (including phenoxy) is 8. The summed E-state index contributed by atoms with van der Waals surface area (Å²) in [5, 5.41) is 0. The Bertz CT molecular complexity index is 2320. The minimum atomic E-state index is -0.803. The summed E-state index contributed by atoms with van der Waals surface area (Å²) in [6.07, 6.45) is 12.5. The van der Waals surface area contributed by atoms with Crippen molar-refractivity contribution in [2.45, 2.75) is 105 Å². The zero-order chi connectivity index (χ0) is 49.4. The van der Waals surface area contributed by atoms with Gasteiger partial charge in [-0.05, 0) is 122 Å². The van der Waals surface area contributed by atoms with Crippen molar-refractivity contribution in [2.75, 3.05) is 39.6 Å². The highest BCUT2D eigenvalue weighted by atomic mass is 16.6. The van der Waals surface area contributed by atoms with E-state index in [2.05, 4.69) is 27.7 Å². The number of hydrogen-bond donors (Lipinski definition) is 0. The monoisotopic (exact) mass is 954 g/mol. The predicted octanol–water partition coefficient (Wildman–Crippen LogP) is 12.4. The SMILES string of the molecule is CCCCCCc1ccc(C(=O)Oc2cc(OC(=O)c3ccc(OCC4(CC)COC4)cc3)c(OC(=O)c3ccc(CCCCCC)cc3)cc2OC(=O)c2ccc(OCC3(CC)COC3)cc2)cc1. The van der Waals surface area contributed by atoms with Gasteiger partial charge in [-0.3, -0.25) is 0 Å². The molecule has 12 nitrogen and oxygen atoms in total. The summed E-state index contributed by atoms with van der Waals surface area (Å²) in [5.41, 5.74) is 2.90. The van der Waals surface area contributed by atoms with E-state index < -0.39 is 23.9 Å². The normalized spacial score (nSPS) is 14.3. The van der Waals surface area contributed by atoms with Crippen LogP contribution in [0.1, 0.15) is 144 Å². The number of carbonyl (C=O) groups is 4. The Kier molecular flexibility index (Phi) is 18.2. The molecule has 2 aliphatic rings. The van der Waals surface area contributed by atoms with E-state index in [4.69, 9.17) is 37.9 Å². The van der Waals surface area contributed by atoms with Gasteiger partial charge in [0.25, 0.3) is 0 Å². The van der Waals surface area contributed by atoms with Gasteiger partial charge in [0.2, 0.25) is 0 Å². The second-order valence-corrected chi connectivity index (χ2v) is 18.6. The van der Waals surface area contributed by atoms with Crippen molar-refractivity contribution in [3.8, 4) is 34.5 Å². The smallest absolute Gasteiger partial charge is 0.343 e. The number of unbranched alkanes of at least 4 members (excludes halogenated alkanes) is 6. The van der Waals surface area contributed by atoms with Crippen LogP contribution in [0.5, 0.6) is 34.5 Å². The van der Waals surface area contributed by atoms with Crippen LogP contribution in [0.3, 0.4) is 0 Å². The third-order valence-electron chi connectivity index (χ3n) is 13.2. The quantitative estimate of drug-likeness (QED) is 0.0296. The first-order valence-corrected chi connectivity index (χ1v) is 24.9. The van der Waals surface area contributed by atoms with Crippen molar-refractivity contribution in [3.05, 3.63) is 143 Å². The lowest BCUT2D eigenvalue weighted by atomic mass is 9.84. The van der Waals surface area contributed by atoms with Crippen molar-refractivity contribution in [1.29, 1.82) is 0 Å². The Hall–Kier alpha value is -6.50. The lowest BCUT2D eigenvalue weighted by molar-refractivity contribution is -0.133. The van der Waals surface area contributed by atoms with Crippen LogP contribution < -0.4 is 28.4 Å². The molecule has 0 saturated carbocycles. The molecule has 0 spiro atoms. The fourth-order valence-corrected chi connectivity index (χ4v) is 8.01. The Balaban J connectivity index is 1.17. The molecule has 0 unspecified atom stereocenters. The maximum atomic E-state index is 13.9. The fourth-order valence-electron chi connectivity index (χ4n) is 8.01. The van der Waals surface area contributed by atoms with Crippen LogP contribution >= 0.6 is 0 Å². The van der Waals surface area contributed by atoms with Gasteiger partial charge < -0.3 is 37.9 Å². The van der Waals surface area contributed by atoms with Gasteiger partial charge in [0, 0.05) is 12.1 Å². The first-order valence-electron chi connectivity index (χ1n) is 24.9. The predicted molar refractivity (Wildman–Crippen MR) is 266 cm³/mol. The molecule has 0 bridgehead atoms. The number of rotatable bonds is 26. The number of benzene rings is 5. The van der Waals surface area contributed by atoms with E-state index in [0.29, 0.717) is 51.1 Å². The molecule has 5 aromatic rings. The molecular weight excluding hydrogens is 889 g/mol. The van der Waals surface area contributed by atoms with Crippen LogP contribution in [0.15, 0.2) is 109 Å². The molecule has 0 aliphatic carbocycles. The molecule has 0 atom stereocenters. The summed E-state index contributed by atoms with van der Waals surface area (Å²) in [4.78, 5) is 55.5. The number of esters is 4. The summed E-state index contributed by atoms with van der Waals surface area (Å²) in [6.45, 7) is 12.0. The Labute approximate surface area is 411 Å². The average molecular weight is 955 g/mol. The maximum Gasteiger partial charge on any atom is 0.343 e. The van der Waals surface area contributed by atoms with E-state index in [9.17, 15) is 19.2 Å². The molecule has 2 aliphatic heterocycles. The standard InChI is InChI=1S/C58H66O12/c1-5-9-11-13-15-41-17-21-43(22-18-41)53(59)67-49-33-52(70-56(62)46-27-31-48(32-28-46)66-40-58(8-4)37-64-38-58)50(68-54(60)44-23-19-42(20-24-44)16-14-12-10-6-2)34-51(49)69-55(61)45-25-29-47(30-26-45)65-39-57(7-3)35-63-36-57/h17-34H,5-16,35-40H2,1-4H3. The van der Waals surface area contributed by atoms with Gasteiger partial charge in [-0.25, -0.2) is 19.2 Å². The molecule has 70 heavy (non-hydrogen) atoms. The number of hydrogen-bond acceptors (Lipinski definition) is 12. The van der Waals surface area contributed by atoms with E-state index in [1.165, 1.54) is 12.1 Å². The number of carbonyl (C=O) groups excluding carboxylic acids is 4. The van der Waals surface area contributed by atoms with Gasteiger partial charge in [-0.15, -0.1) is 0 Å². The second kappa shape index (κ2) is 24.9. The van der Waals surface area contributed by atoms with E-state index in [0.717, 1.165) is 88.2 Å². The maximum absolute atomic E-state index is 13.9. The number of aryl methyl sites for hydroxylation is 2. The van der Waals surface area contributed by atoms with Crippen LogP contribution in [-0.4, -0.2) is 63.5 Å². The first-order chi connectivity index (χ1) is 34.0. The molecule has 2 heterocycles. The summed E-state index contributed by atoms with van der Waals surface area (Å²) < 4.78 is 46.7. The molecule has 0 aromatic heterocycles. The fraction of sp³-hybridized carbons (Fsp3) is 0.414. The summed E-state index contributed by atoms with van der Waals surface area (Å²) in [7, 11) is 0. The molecule has 2 fully saturated rings. The highest BCUT2D eigenvalue weighted by Crippen LogP contribution is 2.42. The largest absolute Gasteiger partial charge is 0.493 e. The third kappa shape index (κ3) is 13.8. The Morgan fingerprint density at radius 3 is 0.971 bits per heavy atom. The van der Waals surface area contributed by atoms with Crippen molar-refractivity contribution in [3.63, 3.8) is 0 Å². The van der Waals surface area contributed by atoms with Crippen LogP contribution in [0, 0.1) is 10.8 Å². The molecule has 0 amide bonds. The summed E-state index contributed by atoms with van der Waals surface area (Å²) in [6, 6.07) is 29.6. The van der Waals surface area contributed by atoms with Crippen molar-refractivity contribution >= 4 is 23.9 Å². The topological polar surface area (TPSA) is 142 Å². The van der Waals surface area contributed by atoms with Gasteiger partial charge in [0.1, 0.15) is 11.5 Å².